The van der Waals surface area contributed by atoms with Crippen LogP contribution in [0.15, 0.2) is 60.8 Å². The number of anilines is 3. The van der Waals surface area contributed by atoms with Crippen molar-refractivity contribution in [2.24, 2.45) is 0 Å². The number of rotatable bonds is 4. The largest absolute Gasteiger partial charge is 0.489 e. The van der Waals surface area contributed by atoms with E-state index >= 15 is 0 Å². The van der Waals surface area contributed by atoms with Gasteiger partial charge in [-0.3, -0.25) is 0 Å². The first kappa shape index (κ1) is 17.0. The molecule has 0 atom stereocenters. The number of nitrogens with two attached hydrogens (primary N) is 1. The normalized spacial score (nSPS) is 12.4. The van der Waals surface area contributed by atoms with Gasteiger partial charge in [-0.1, -0.05) is 36.4 Å². The van der Waals surface area contributed by atoms with Gasteiger partial charge in [0.25, 0.3) is 0 Å². The molecule has 2 aromatic carbocycles. The molecular weight excluding hydrogens is 336 g/mol. The summed E-state index contributed by atoms with van der Waals surface area (Å²) < 4.78 is 6.06. The third-order valence-corrected chi connectivity index (χ3v) is 4.16. The minimum atomic E-state index is 0. The predicted molar refractivity (Wildman–Crippen MR) is 102 cm³/mol. The van der Waals surface area contributed by atoms with Crippen LogP contribution in [0.25, 0.3) is 0 Å². The number of benzene rings is 2. The average molecular weight is 355 g/mol. The van der Waals surface area contributed by atoms with E-state index in [0.29, 0.717) is 6.61 Å². The Balaban J connectivity index is 0.00000182. The lowest BCUT2D eigenvalue weighted by molar-refractivity contribution is 0.304. The van der Waals surface area contributed by atoms with Crippen LogP contribution in [0.5, 0.6) is 5.75 Å². The lowest BCUT2D eigenvalue weighted by Gasteiger charge is -2.18. The Kier molecular flexibility index (Phi) is 5.05. The molecule has 0 radical (unpaired) electrons. The van der Waals surface area contributed by atoms with Crippen molar-refractivity contribution in [3.05, 3.63) is 71.9 Å². The van der Waals surface area contributed by atoms with E-state index in [2.05, 4.69) is 33.1 Å². The standard InChI is InChI=1S/C19H18N4O.ClH/c20-19-21-11-9-18(22-19)23-12-10-15-16(23)7-4-8-17(15)24-13-14-5-2-1-3-6-14;/h1-9,11H,10,12-13H2,(H2,20,21,22);1H. The van der Waals surface area contributed by atoms with E-state index in [4.69, 9.17) is 10.5 Å². The van der Waals surface area contributed by atoms with Gasteiger partial charge in [-0.05, 0) is 30.2 Å². The summed E-state index contributed by atoms with van der Waals surface area (Å²) in [5, 5.41) is 0. The van der Waals surface area contributed by atoms with Gasteiger partial charge in [0, 0.05) is 24.0 Å². The molecule has 0 unspecified atom stereocenters. The van der Waals surface area contributed by atoms with Crippen molar-refractivity contribution in [3.8, 4) is 5.75 Å². The first-order valence-electron chi connectivity index (χ1n) is 7.96. The second kappa shape index (κ2) is 7.40. The first-order chi connectivity index (χ1) is 11.8. The molecule has 1 aliphatic rings. The van der Waals surface area contributed by atoms with E-state index in [-0.39, 0.29) is 18.4 Å². The molecule has 1 aromatic heterocycles. The Morgan fingerprint density at radius 1 is 1.04 bits per heavy atom. The number of nitrogen functional groups attached to an aromatic ring is 1. The van der Waals surface area contributed by atoms with Gasteiger partial charge in [-0.2, -0.15) is 4.98 Å². The zero-order chi connectivity index (χ0) is 16.4. The lowest BCUT2D eigenvalue weighted by Crippen LogP contribution is -2.15. The Morgan fingerprint density at radius 3 is 2.68 bits per heavy atom. The fourth-order valence-corrected chi connectivity index (χ4v) is 3.02. The summed E-state index contributed by atoms with van der Waals surface area (Å²) in [5.74, 6) is 2.04. The minimum Gasteiger partial charge on any atom is -0.489 e. The Bertz CT molecular complexity index is 857. The van der Waals surface area contributed by atoms with Crippen LogP contribution in [0.3, 0.4) is 0 Å². The molecule has 2 N–H and O–H groups in total. The van der Waals surface area contributed by atoms with Crippen molar-refractivity contribution in [1.29, 1.82) is 0 Å². The quantitative estimate of drug-likeness (QED) is 0.773. The maximum atomic E-state index is 6.06. The summed E-state index contributed by atoms with van der Waals surface area (Å²) in [4.78, 5) is 10.4. The molecule has 5 nitrogen and oxygen atoms in total. The van der Waals surface area contributed by atoms with E-state index in [1.54, 1.807) is 6.20 Å². The van der Waals surface area contributed by atoms with Gasteiger partial charge >= 0.3 is 0 Å². The zero-order valence-corrected chi connectivity index (χ0v) is 14.4. The van der Waals surface area contributed by atoms with Crippen LogP contribution in [-0.4, -0.2) is 16.5 Å². The molecule has 128 valence electrons. The molecule has 1 aliphatic heterocycles. The molecular formula is C19H19ClN4O. The third kappa shape index (κ3) is 3.51. The number of aromatic nitrogens is 2. The van der Waals surface area contributed by atoms with E-state index in [0.717, 1.165) is 35.8 Å². The van der Waals surface area contributed by atoms with Crippen molar-refractivity contribution in [2.45, 2.75) is 13.0 Å². The minimum absolute atomic E-state index is 0. The first-order valence-corrected chi connectivity index (χ1v) is 7.96. The van der Waals surface area contributed by atoms with E-state index in [1.807, 2.05) is 36.4 Å². The summed E-state index contributed by atoms with van der Waals surface area (Å²) in [6, 6.07) is 18.2. The Labute approximate surface area is 152 Å². The van der Waals surface area contributed by atoms with Crippen molar-refractivity contribution in [1.82, 2.24) is 9.97 Å². The molecule has 0 saturated heterocycles. The van der Waals surface area contributed by atoms with Gasteiger partial charge < -0.3 is 15.4 Å². The summed E-state index contributed by atoms with van der Waals surface area (Å²) >= 11 is 0. The van der Waals surface area contributed by atoms with Crippen LogP contribution >= 0.6 is 12.4 Å². The van der Waals surface area contributed by atoms with Gasteiger partial charge in [0.05, 0.1) is 0 Å². The zero-order valence-electron chi connectivity index (χ0n) is 13.6. The SMILES string of the molecule is Cl.Nc1nccc(N2CCc3c(OCc4ccccc4)cccc32)n1. The molecule has 6 heteroatoms. The molecule has 0 fully saturated rings. The second-order valence-electron chi connectivity index (χ2n) is 5.70. The maximum Gasteiger partial charge on any atom is 0.221 e. The van der Waals surface area contributed by atoms with Crippen molar-refractivity contribution < 1.29 is 4.74 Å². The van der Waals surface area contributed by atoms with Crippen molar-refractivity contribution in [3.63, 3.8) is 0 Å². The fraction of sp³-hybridized carbons (Fsp3) is 0.158. The fourth-order valence-electron chi connectivity index (χ4n) is 3.02. The maximum absolute atomic E-state index is 6.06. The highest BCUT2D eigenvalue weighted by Gasteiger charge is 2.24. The molecule has 25 heavy (non-hydrogen) atoms. The van der Waals surface area contributed by atoms with Gasteiger partial charge in [0.2, 0.25) is 5.95 Å². The highest BCUT2D eigenvalue weighted by Crippen LogP contribution is 2.38. The lowest BCUT2D eigenvalue weighted by atomic mass is 10.1. The molecule has 2 heterocycles. The molecule has 0 saturated carbocycles. The van der Waals surface area contributed by atoms with Crippen LogP contribution < -0.4 is 15.4 Å². The highest BCUT2D eigenvalue weighted by molar-refractivity contribution is 5.85. The van der Waals surface area contributed by atoms with Crippen LogP contribution in [-0.2, 0) is 13.0 Å². The predicted octanol–water partition coefficient (Wildman–Crippen LogP) is 3.75. The molecule has 4 rings (SSSR count). The average Bonchev–Trinajstić information content (AvgIpc) is 3.05. The third-order valence-electron chi connectivity index (χ3n) is 4.16. The Morgan fingerprint density at radius 2 is 1.88 bits per heavy atom. The van der Waals surface area contributed by atoms with Crippen LogP contribution in [0, 0.1) is 0 Å². The van der Waals surface area contributed by atoms with Crippen molar-refractivity contribution >= 4 is 29.9 Å². The summed E-state index contributed by atoms with van der Waals surface area (Å²) in [6.07, 6.45) is 2.61. The number of nitrogens with zero attached hydrogens (tertiary/aromatic N) is 3. The Hall–Kier alpha value is -2.79. The van der Waals surface area contributed by atoms with E-state index in [9.17, 15) is 0 Å². The summed E-state index contributed by atoms with van der Waals surface area (Å²) in [5.41, 5.74) is 9.21. The van der Waals surface area contributed by atoms with Crippen LogP contribution in [0.1, 0.15) is 11.1 Å². The van der Waals surface area contributed by atoms with Crippen LogP contribution in [0.4, 0.5) is 17.5 Å². The molecule has 3 aromatic rings. The number of fused-ring (bicyclic) bond motifs is 1. The summed E-state index contributed by atoms with van der Waals surface area (Å²) in [6.45, 7) is 1.43. The molecule has 0 bridgehead atoms. The smallest absolute Gasteiger partial charge is 0.221 e. The van der Waals surface area contributed by atoms with Crippen LogP contribution in [0.2, 0.25) is 0 Å². The topological polar surface area (TPSA) is 64.3 Å². The second-order valence-corrected chi connectivity index (χ2v) is 5.70. The number of ether oxygens (including phenoxy) is 1. The monoisotopic (exact) mass is 354 g/mol. The molecule has 0 spiro atoms. The number of hydrogen-bond donors (Lipinski definition) is 1. The number of hydrogen-bond acceptors (Lipinski definition) is 5. The molecule has 0 amide bonds. The van der Waals surface area contributed by atoms with E-state index < -0.39 is 0 Å². The highest BCUT2D eigenvalue weighted by atomic mass is 35.5. The van der Waals surface area contributed by atoms with Gasteiger partial charge in [0.1, 0.15) is 18.2 Å². The molecule has 0 aliphatic carbocycles. The summed E-state index contributed by atoms with van der Waals surface area (Å²) in [7, 11) is 0. The number of halogens is 1. The van der Waals surface area contributed by atoms with E-state index in [1.165, 1.54) is 5.56 Å². The van der Waals surface area contributed by atoms with Crippen molar-refractivity contribution in [2.75, 3.05) is 17.2 Å². The van der Waals surface area contributed by atoms with Gasteiger partial charge in [-0.15, -0.1) is 12.4 Å². The van der Waals surface area contributed by atoms with Gasteiger partial charge in [-0.25, -0.2) is 4.98 Å². The van der Waals surface area contributed by atoms with Gasteiger partial charge in [0.15, 0.2) is 0 Å².